The minimum absolute atomic E-state index is 0.0486. The number of anilines is 2. The molecule has 0 fully saturated rings. The summed E-state index contributed by atoms with van der Waals surface area (Å²) in [6.45, 7) is 8.87. The van der Waals surface area contributed by atoms with Crippen molar-refractivity contribution in [2.75, 3.05) is 18.1 Å². The molecule has 1 rings (SSSR count). The monoisotopic (exact) mass is 208 g/mol. The summed E-state index contributed by atoms with van der Waals surface area (Å²) in [6, 6.07) is 3.86. The van der Waals surface area contributed by atoms with E-state index in [0.29, 0.717) is 23.7 Å². The highest BCUT2D eigenvalue weighted by atomic mass is 16.5. The van der Waals surface area contributed by atoms with Crippen molar-refractivity contribution in [1.82, 2.24) is 0 Å². The predicted octanol–water partition coefficient (Wildman–Crippen LogP) is 2.55. The van der Waals surface area contributed by atoms with Gasteiger partial charge in [-0.2, -0.15) is 0 Å². The fraction of sp³-hybridized carbons (Fsp3) is 0.500. The molecule has 1 aromatic carbocycles. The van der Waals surface area contributed by atoms with E-state index in [-0.39, 0.29) is 5.41 Å². The Hall–Kier alpha value is -1.38. The lowest BCUT2D eigenvalue weighted by Gasteiger charge is -2.21. The van der Waals surface area contributed by atoms with Gasteiger partial charge in [0.15, 0.2) is 5.75 Å². The predicted molar refractivity (Wildman–Crippen MR) is 65.1 cm³/mol. The van der Waals surface area contributed by atoms with E-state index >= 15 is 0 Å². The lowest BCUT2D eigenvalue weighted by Crippen LogP contribution is -2.13. The second-order valence-electron chi connectivity index (χ2n) is 4.67. The van der Waals surface area contributed by atoms with E-state index in [1.54, 1.807) is 0 Å². The Morgan fingerprint density at radius 2 is 1.60 bits per heavy atom. The van der Waals surface area contributed by atoms with Crippen molar-refractivity contribution < 1.29 is 4.74 Å². The first-order valence-electron chi connectivity index (χ1n) is 5.18. The fourth-order valence-corrected chi connectivity index (χ4v) is 1.42. The van der Waals surface area contributed by atoms with Gasteiger partial charge in [-0.15, -0.1) is 0 Å². The van der Waals surface area contributed by atoms with Crippen LogP contribution in [0.25, 0.3) is 0 Å². The Labute approximate surface area is 91.4 Å². The van der Waals surface area contributed by atoms with Crippen LogP contribution in [0.1, 0.15) is 33.3 Å². The van der Waals surface area contributed by atoms with E-state index < -0.39 is 0 Å². The number of nitrogens with two attached hydrogens (primary N) is 2. The quantitative estimate of drug-likeness (QED) is 0.734. The number of hydrogen-bond donors (Lipinski definition) is 2. The lowest BCUT2D eigenvalue weighted by atomic mass is 9.86. The van der Waals surface area contributed by atoms with E-state index in [1.807, 2.05) is 19.1 Å². The molecule has 0 aliphatic heterocycles. The van der Waals surface area contributed by atoms with Crippen molar-refractivity contribution >= 4 is 11.4 Å². The molecule has 0 atom stereocenters. The second-order valence-corrected chi connectivity index (χ2v) is 4.67. The van der Waals surface area contributed by atoms with Gasteiger partial charge in [0.05, 0.1) is 18.0 Å². The van der Waals surface area contributed by atoms with Crippen LogP contribution in [0.15, 0.2) is 12.1 Å². The van der Waals surface area contributed by atoms with Crippen LogP contribution in [0.2, 0.25) is 0 Å². The third-order valence-corrected chi connectivity index (χ3v) is 2.30. The van der Waals surface area contributed by atoms with Crippen LogP contribution < -0.4 is 16.2 Å². The summed E-state index contributed by atoms with van der Waals surface area (Å²) in [5, 5.41) is 0. The number of rotatable bonds is 2. The van der Waals surface area contributed by atoms with E-state index in [2.05, 4.69) is 20.8 Å². The maximum absolute atomic E-state index is 5.90. The maximum Gasteiger partial charge on any atom is 0.165 e. The molecule has 0 bridgehead atoms. The molecule has 1 aromatic rings. The molecule has 3 nitrogen and oxygen atoms in total. The molecule has 84 valence electrons. The van der Waals surface area contributed by atoms with Gasteiger partial charge in [-0.3, -0.25) is 0 Å². The lowest BCUT2D eigenvalue weighted by molar-refractivity contribution is 0.343. The molecule has 0 radical (unpaired) electrons. The Balaban J connectivity index is 3.19. The highest BCUT2D eigenvalue weighted by molar-refractivity contribution is 5.69. The molecule has 0 aromatic heterocycles. The summed E-state index contributed by atoms with van der Waals surface area (Å²) in [5.41, 5.74) is 14.2. The van der Waals surface area contributed by atoms with Crippen LogP contribution in [0.5, 0.6) is 5.75 Å². The van der Waals surface area contributed by atoms with Gasteiger partial charge in [-0.05, 0) is 30.0 Å². The van der Waals surface area contributed by atoms with Crippen LogP contribution in [-0.4, -0.2) is 6.61 Å². The summed E-state index contributed by atoms with van der Waals surface area (Å²) in [4.78, 5) is 0. The van der Waals surface area contributed by atoms with Gasteiger partial charge in [0.25, 0.3) is 0 Å². The highest BCUT2D eigenvalue weighted by Crippen LogP contribution is 2.35. The van der Waals surface area contributed by atoms with Crippen molar-refractivity contribution in [3.05, 3.63) is 17.7 Å². The van der Waals surface area contributed by atoms with Gasteiger partial charge in [-0.25, -0.2) is 0 Å². The van der Waals surface area contributed by atoms with Crippen LogP contribution in [-0.2, 0) is 5.41 Å². The molecule has 0 saturated carbocycles. The number of hydrogen-bond acceptors (Lipinski definition) is 3. The van der Waals surface area contributed by atoms with Crippen LogP contribution in [0.3, 0.4) is 0 Å². The van der Waals surface area contributed by atoms with E-state index in [0.717, 1.165) is 5.56 Å². The van der Waals surface area contributed by atoms with Crippen molar-refractivity contribution in [3.63, 3.8) is 0 Å². The van der Waals surface area contributed by atoms with Crippen LogP contribution in [0.4, 0.5) is 11.4 Å². The molecule has 0 saturated heterocycles. The molecule has 0 amide bonds. The first-order valence-corrected chi connectivity index (χ1v) is 5.18. The number of ether oxygens (including phenoxy) is 1. The molecule has 0 aliphatic carbocycles. The molecule has 3 heteroatoms. The Morgan fingerprint density at radius 3 is 1.93 bits per heavy atom. The Kier molecular flexibility index (Phi) is 3.12. The largest absolute Gasteiger partial charge is 0.490 e. The van der Waals surface area contributed by atoms with E-state index in [1.165, 1.54) is 0 Å². The summed E-state index contributed by atoms with van der Waals surface area (Å²) in [7, 11) is 0. The molecule has 0 heterocycles. The standard InChI is InChI=1S/C12H20N2O/c1-5-15-11-9(13)6-8(7-10(11)14)12(2,3)4/h6-7H,5,13-14H2,1-4H3. The molecule has 0 spiro atoms. The van der Waals surface area contributed by atoms with E-state index in [9.17, 15) is 0 Å². The second kappa shape index (κ2) is 4.01. The summed E-state index contributed by atoms with van der Waals surface area (Å²) in [6.07, 6.45) is 0. The highest BCUT2D eigenvalue weighted by Gasteiger charge is 2.17. The van der Waals surface area contributed by atoms with E-state index in [4.69, 9.17) is 16.2 Å². The maximum atomic E-state index is 5.90. The van der Waals surface area contributed by atoms with Gasteiger partial charge in [-0.1, -0.05) is 20.8 Å². The fourth-order valence-electron chi connectivity index (χ4n) is 1.42. The van der Waals surface area contributed by atoms with Crippen molar-refractivity contribution in [2.45, 2.75) is 33.1 Å². The zero-order valence-corrected chi connectivity index (χ0v) is 9.92. The van der Waals surface area contributed by atoms with Crippen LogP contribution in [0, 0.1) is 0 Å². The third-order valence-electron chi connectivity index (χ3n) is 2.30. The molecular weight excluding hydrogens is 188 g/mol. The van der Waals surface area contributed by atoms with Gasteiger partial charge in [0.2, 0.25) is 0 Å². The summed E-state index contributed by atoms with van der Waals surface area (Å²) in [5.74, 6) is 0.602. The molecule has 0 aliphatic rings. The third kappa shape index (κ3) is 2.55. The zero-order chi connectivity index (χ0) is 11.6. The molecule has 0 unspecified atom stereocenters. The minimum atomic E-state index is 0.0486. The SMILES string of the molecule is CCOc1c(N)cc(C(C)(C)C)cc1N. The smallest absolute Gasteiger partial charge is 0.165 e. The summed E-state index contributed by atoms with van der Waals surface area (Å²) < 4.78 is 5.39. The topological polar surface area (TPSA) is 61.3 Å². The van der Waals surface area contributed by atoms with Gasteiger partial charge in [0, 0.05) is 0 Å². The zero-order valence-electron chi connectivity index (χ0n) is 9.92. The number of benzene rings is 1. The minimum Gasteiger partial charge on any atom is -0.490 e. The van der Waals surface area contributed by atoms with Gasteiger partial charge < -0.3 is 16.2 Å². The molecule has 4 N–H and O–H groups in total. The normalized spacial score (nSPS) is 11.5. The average molecular weight is 208 g/mol. The Bertz CT molecular complexity index is 330. The first-order chi connectivity index (χ1) is 6.86. The van der Waals surface area contributed by atoms with Crippen molar-refractivity contribution in [1.29, 1.82) is 0 Å². The molecule has 15 heavy (non-hydrogen) atoms. The average Bonchev–Trinajstić information content (AvgIpc) is 2.09. The summed E-state index contributed by atoms with van der Waals surface area (Å²) >= 11 is 0. The van der Waals surface area contributed by atoms with Gasteiger partial charge >= 0.3 is 0 Å². The number of nitrogen functional groups attached to an aromatic ring is 2. The molecular formula is C12H20N2O. The Morgan fingerprint density at radius 1 is 1.13 bits per heavy atom. The van der Waals surface area contributed by atoms with Crippen molar-refractivity contribution in [3.8, 4) is 5.75 Å². The van der Waals surface area contributed by atoms with Crippen molar-refractivity contribution in [2.24, 2.45) is 0 Å². The van der Waals surface area contributed by atoms with Gasteiger partial charge in [0.1, 0.15) is 0 Å². The first kappa shape index (κ1) is 11.7. The van der Waals surface area contributed by atoms with Crippen LogP contribution >= 0.6 is 0 Å².